The fraction of sp³-hybridized carbons (Fsp3) is 0.417. The maximum absolute atomic E-state index is 13.0. The molecular formula is C24H27N3O3. The van der Waals surface area contributed by atoms with E-state index in [-0.39, 0.29) is 29.8 Å². The molecular weight excluding hydrogens is 378 g/mol. The van der Waals surface area contributed by atoms with Crippen LogP contribution in [-0.4, -0.2) is 66.0 Å². The molecule has 0 spiro atoms. The molecule has 2 aromatic carbocycles. The Labute approximate surface area is 176 Å². The summed E-state index contributed by atoms with van der Waals surface area (Å²) in [7, 11) is 0. The van der Waals surface area contributed by atoms with Crippen molar-refractivity contribution in [3.05, 3.63) is 65.7 Å². The molecule has 1 unspecified atom stereocenters. The zero-order chi connectivity index (χ0) is 20.7. The lowest BCUT2D eigenvalue weighted by atomic mass is 9.97. The quantitative estimate of drug-likeness (QED) is 0.848. The zero-order valence-corrected chi connectivity index (χ0v) is 17.2. The molecule has 2 fully saturated rings. The second-order valence-corrected chi connectivity index (χ2v) is 8.52. The van der Waals surface area contributed by atoms with E-state index in [1.807, 2.05) is 66.4 Å². The van der Waals surface area contributed by atoms with Crippen LogP contribution < -0.4 is 10.1 Å². The molecule has 0 radical (unpaired) electrons. The lowest BCUT2D eigenvalue weighted by Gasteiger charge is -2.40. The highest BCUT2D eigenvalue weighted by Gasteiger charge is 2.42. The number of hydrogen-bond donors (Lipinski definition) is 1. The van der Waals surface area contributed by atoms with Gasteiger partial charge in [-0.05, 0) is 24.6 Å². The van der Waals surface area contributed by atoms with Crippen LogP contribution in [0.5, 0.6) is 5.75 Å². The highest BCUT2D eigenvalue weighted by atomic mass is 16.5. The van der Waals surface area contributed by atoms with Crippen molar-refractivity contribution >= 4 is 11.8 Å². The van der Waals surface area contributed by atoms with E-state index in [1.54, 1.807) is 0 Å². The minimum absolute atomic E-state index is 0.0277. The van der Waals surface area contributed by atoms with Crippen molar-refractivity contribution in [2.45, 2.75) is 37.5 Å². The Bertz CT molecular complexity index is 948. The minimum atomic E-state index is -0.501. The third kappa shape index (κ3) is 3.35. The first-order valence-electron chi connectivity index (χ1n) is 10.7. The maximum Gasteiger partial charge on any atom is 0.261 e. The number of benzene rings is 2. The van der Waals surface area contributed by atoms with Crippen LogP contribution in [0.1, 0.15) is 35.2 Å². The monoisotopic (exact) mass is 405 g/mol. The van der Waals surface area contributed by atoms with E-state index in [1.165, 1.54) is 0 Å². The van der Waals surface area contributed by atoms with E-state index in [2.05, 4.69) is 10.2 Å². The molecule has 3 aliphatic heterocycles. The smallest absolute Gasteiger partial charge is 0.261 e. The SMILES string of the molecule is C[C@@H]1c2ccccc2O[C@@H]1C(=O)NC[C@@H]1CN(C(=O)c2ccccc2)[C@H]2CCN1C2. The molecule has 0 aliphatic carbocycles. The number of piperazine rings is 1. The third-order valence-electron chi connectivity index (χ3n) is 6.73. The van der Waals surface area contributed by atoms with E-state index in [9.17, 15) is 9.59 Å². The molecule has 0 aromatic heterocycles. The van der Waals surface area contributed by atoms with Crippen molar-refractivity contribution < 1.29 is 14.3 Å². The number of nitrogens with zero attached hydrogens (tertiary/aromatic N) is 2. The Kier molecular flexibility index (Phi) is 4.95. The Morgan fingerprint density at radius 3 is 2.63 bits per heavy atom. The van der Waals surface area contributed by atoms with E-state index in [0.717, 1.165) is 36.4 Å². The number of rotatable bonds is 4. The van der Waals surface area contributed by atoms with Crippen molar-refractivity contribution in [2.75, 3.05) is 26.2 Å². The molecule has 2 saturated heterocycles. The van der Waals surface area contributed by atoms with Gasteiger partial charge in [0.05, 0.1) is 0 Å². The summed E-state index contributed by atoms with van der Waals surface area (Å²) in [5.41, 5.74) is 1.81. The van der Waals surface area contributed by atoms with Crippen LogP contribution in [0.3, 0.4) is 0 Å². The molecule has 3 aliphatic rings. The molecule has 2 aromatic rings. The number of nitrogens with one attached hydrogen (secondary N) is 1. The van der Waals surface area contributed by atoms with Crippen LogP contribution in [-0.2, 0) is 4.79 Å². The first kappa shape index (κ1) is 19.1. The van der Waals surface area contributed by atoms with Crippen LogP contribution in [0.4, 0.5) is 0 Å². The van der Waals surface area contributed by atoms with Gasteiger partial charge in [0, 0.05) is 55.3 Å². The summed E-state index contributed by atoms with van der Waals surface area (Å²) >= 11 is 0. The normalized spacial score (nSPS) is 29.2. The lowest BCUT2D eigenvalue weighted by Crippen LogP contribution is -2.58. The van der Waals surface area contributed by atoms with Gasteiger partial charge in [-0.25, -0.2) is 0 Å². The van der Waals surface area contributed by atoms with E-state index in [4.69, 9.17) is 4.74 Å². The average molecular weight is 405 g/mol. The summed E-state index contributed by atoms with van der Waals surface area (Å²) in [5, 5.41) is 3.10. The van der Waals surface area contributed by atoms with E-state index in [0.29, 0.717) is 13.1 Å². The molecule has 156 valence electrons. The highest BCUT2D eigenvalue weighted by molar-refractivity contribution is 5.94. The second-order valence-electron chi connectivity index (χ2n) is 8.52. The summed E-state index contributed by atoms with van der Waals surface area (Å²) in [5.74, 6) is 0.826. The molecule has 3 heterocycles. The topological polar surface area (TPSA) is 61.9 Å². The molecule has 6 heteroatoms. The lowest BCUT2D eigenvalue weighted by molar-refractivity contribution is -0.128. The molecule has 2 bridgehead atoms. The molecule has 1 N–H and O–H groups in total. The maximum atomic E-state index is 13.0. The van der Waals surface area contributed by atoms with E-state index < -0.39 is 6.10 Å². The number of hydrogen-bond acceptors (Lipinski definition) is 4. The Morgan fingerprint density at radius 1 is 1.07 bits per heavy atom. The number of para-hydroxylation sites is 1. The molecule has 30 heavy (non-hydrogen) atoms. The largest absolute Gasteiger partial charge is 0.480 e. The van der Waals surface area contributed by atoms with Crippen LogP contribution in [0.15, 0.2) is 54.6 Å². The Hall–Kier alpha value is -2.86. The van der Waals surface area contributed by atoms with Gasteiger partial charge in [-0.3, -0.25) is 14.5 Å². The van der Waals surface area contributed by atoms with Gasteiger partial charge in [-0.2, -0.15) is 0 Å². The van der Waals surface area contributed by atoms with Crippen molar-refractivity contribution in [3.63, 3.8) is 0 Å². The molecule has 0 saturated carbocycles. The minimum Gasteiger partial charge on any atom is -0.480 e. The van der Waals surface area contributed by atoms with Crippen molar-refractivity contribution in [3.8, 4) is 5.75 Å². The summed E-state index contributed by atoms with van der Waals surface area (Å²) in [6.45, 7) is 5.03. The fourth-order valence-electron chi connectivity index (χ4n) is 5.00. The number of amides is 2. The summed E-state index contributed by atoms with van der Waals surface area (Å²) in [6, 6.07) is 17.7. The number of fused-ring (bicyclic) bond motifs is 3. The Balaban J connectivity index is 1.23. The summed E-state index contributed by atoms with van der Waals surface area (Å²) < 4.78 is 5.91. The van der Waals surface area contributed by atoms with Gasteiger partial charge < -0.3 is 15.0 Å². The van der Waals surface area contributed by atoms with Crippen LogP contribution in [0, 0.1) is 0 Å². The standard InChI is InChI=1S/C24H27N3O3/c1-16-20-9-5-6-10-21(20)30-22(16)23(28)25-13-19-15-27(18-11-12-26(19)14-18)24(29)17-7-3-2-4-8-17/h2-10,16,18-19,22H,11-15H2,1H3,(H,25,28)/t16-,18+,19-,22+/m1/s1. The Morgan fingerprint density at radius 2 is 1.83 bits per heavy atom. The van der Waals surface area contributed by atoms with Gasteiger partial charge in [0.15, 0.2) is 6.10 Å². The van der Waals surface area contributed by atoms with Crippen LogP contribution in [0.2, 0.25) is 0 Å². The van der Waals surface area contributed by atoms with Crippen LogP contribution in [0.25, 0.3) is 0 Å². The first-order valence-corrected chi connectivity index (χ1v) is 10.7. The highest BCUT2D eigenvalue weighted by Crippen LogP contribution is 2.37. The number of carbonyl (C=O) groups excluding carboxylic acids is 2. The van der Waals surface area contributed by atoms with E-state index >= 15 is 0 Å². The van der Waals surface area contributed by atoms with Gasteiger partial charge in [0.2, 0.25) is 0 Å². The predicted octanol–water partition coefficient (Wildman–Crippen LogP) is 2.27. The third-order valence-corrected chi connectivity index (χ3v) is 6.73. The van der Waals surface area contributed by atoms with Crippen LogP contribution >= 0.6 is 0 Å². The first-order chi connectivity index (χ1) is 14.6. The average Bonchev–Trinajstić information content (AvgIpc) is 3.35. The molecule has 5 rings (SSSR count). The van der Waals surface area contributed by atoms with Gasteiger partial charge in [0.25, 0.3) is 11.8 Å². The van der Waals surface area contributed by atoms with Crippen molar-refractivity contribution in [1.29, 1.82) is 0 Å². The second kappa shape index (κ2) is 7.76. The van der Waals surface area contributed by atoms with Crippen molar-refractivity contribution in [1.82, 2.24) is 15.1 Å². The molecule has 5 atom stereocenters. The zero-order valence-electron chi connectivity index (χ0n) is 17.2. The number of ether oxygens (including phenoxy) is 1. The van der Waals surface area contributed by atoms with Gasteiger partial charge in [-0.1, -0.05) is 43.3 Å². The van der Waals surface area contributed by atoms with Gasteiger partial charge >= 0.3 is 0 Å². The predicted molar refractivity (Wildman–Crippen MR) is 114 cm³/mol. The van der Waals surface area contributed by atoms with Crippen molar-refractivity contribution in [2.24, 2.45) is 0 Å². The summed E-state index contributed by atoms with van der Waals surface area (Å²) in [6.07, 6.45) is 0.487. The molecule has 2 amide bonds. The van der Waals surface area contributed by atoms with Gasteiger partial charge in [-0.15, -0.1) is 0 Å². The fourth-order valence-corrected chi connectivity index (χ4v) is 5.00. The van der Waals surface area contributed by atoms with Gasteiger partial charge in [0.1, 0.15) is 5.75 Å². The molecule has 6 nitrogen and oxygen atoms in total. The number of carbonyl (C=O) groups is 2. The summed E-state index contributed by atoms with van der Waals surface area (Å²) in [4.78, 5) is 30.3.